The maximum Gasteiger partial charge on any atom is 0.253 e. The minimum Gasteiger partial charge on any atom is -0.396 e. The van der Waals surface area contributed by atoms with Crippen molar-refractivity contribution in [2.45, 2.75) is 26.3 Å². The van der Waals surface area contributed by atoms with Crippen molar-refractivity contribution in [3.63, 3.8) is 0 Å². The number of pyridine rings is 1. The Bertz CT molecular complexity index is 734. The molecule has 6 nitrogen and oxygen atoms in total. The second kappa shape index (κ2) is 6.34. The third-order valence-corrected chi connectivity index (χ3v) is 3.96. The summed E-state index contributed by atoms with van der Waals surface area (Å²) in [7, 11) is 0. The summed E-state index contributed by atoms with van der Waals surface area (Å²) in [4.78, 5) is 16.6. The van der Waals surface area contributed by atoms with Crippen LogP contribution in [0.4, 0.5) is 0 Å². The van der Waals surface area contributed by atoms with Gasteiger partial charge in [0.2, 0.25) is 0 Å². The molecular formula is C17H20N4O2. The van der Waals surface area contributed by atoms with Crippen LogP contribution in [0.2, 0.25) is 0 Å². The zero-order valence-electron chi connectivity index (χ0n) is 13.2. The van der Waals surface area contributed by atoms with Gasteiger partial charge in [-0.3, -0.25) is 4.79 Å². The highest BCUT2D eigenvalue weighted by Crippen LogP contribution is 2.17. The van der Waals surface area contributed by atoms with Crippen molar-refractivity contribution in [1.29, 1.82) is 0 Å². The summed E-state index contributed by atoms with van der Waals surface area (Å²) in [5, 5.41) is 16.4. The molecule has 0 spiro atoms. The molecule has 0 radical (unpaired) electrons. The number of carbonyl (C=O) groups excluding carboxylic acids is 1. The molecule has 6 heteroatoms. The fourth-order valence-electron chi connectivity index (χ4n) is 2.78. The number of aliphatic hydroxyl groups excluding tert-OH is 1. The maximum atomic E-state index is 12.2. The molecule has 2 atom stereocenters. The molecule has 120 valence electrons. The largest absolute Gasteiger partial charge is 0.396 e. The molecule has 0 saturated carbocycles. The Morgan fingerprint density at radius 1 is 1.39 bits per heavy atom. The van der Waals surface area contributed by atoms with E-state index in [1.165, 1.54) is 0 Å². The second-order valence-electron chi connectivity index (χ2n) is 5.89. The van der Waals surface area contributed by atoms with E-state index in [-0.39, 0.29) is 24.5 Å². The molecule has 0 aliphatic heterocycles. The molecule has 0 unspecified atom stereocenters. The van der Waals surface area contributed by atoms with E-state index in [0.717, 1.165) is 17.8 Å². The minimum absolute atomic E-state index is 0.0321. The Hall–Kier alpha value is -2.47. The Morgan fingerprint density at radius 2 is 2.22 bits per heavy atom. The summed E-state index contributed by atoms with van der Waals surface area (Å²) in [6.45, 7) is 4.01. The Morgan fingerprint density at radius 3 is 2.78 bits per heavy atom. The highest BCUT2D eigenvalue weighted by atomic mass is 16.3. The number of aliphatic hydroxyl groups is 1. The van der Waals surface area contributed by atoms with Crippen molar-refractivity contribution in [2.24, 2.45) is 5.92 Å². The van der Waals surface area contributed by atoms with Gasteiger partial charge in [0.1, 0.15) is 0 Å². The molecular weight excluding hydrogens is 292 g/mol. The smallest absolute Gasteiger partial charge is 0.253 e. The number of carbonyl (C=O) groups is 1. The molecule has 2 N–H and O–H groups in total. The quantitative estimate of drug-likeness (QED) is 0.840. The second-order valence-corrected chi connectivity index (χ2v) is 5.89. The van der Waals surface area contributed by atoms with Gasteiger partial charge in [0.15, 0.2) is 5.82 Å². The predicted molar refractivity (Wildman–Crippen MR) is 86.4 cm³/mol. The van der Waals surface area contributed by atoms with E-state index in [9.17, 15) is 4.79 Å². The van der Waals surface area contributed by atoms with Crippen LogP contribution in [0, 0.1) is 19.8 Å². The average Bonchev–Trinajstić information content (AvgIpc) is 3.13. The monoisotopic (exact) mass is 312 g/mol. The minimum atomic E-state index is -0.161. The van der Waals surface area contributed by atoms with Gasteiger partial charge in [0, 0.05) is 30.5 Å². The third-order valence-electron chi connectivity index (χ3n) is 3.96. The highest BCUT2D eigenvalue weighted by molar-refractivity contribution is 5.94. The standard InChI is InChI=1S/C17H20N4O2/c1-11-7-12(2)21(20-11)16-6-4-14(9-18-16)17(23)19-15-5-3-13(8-15)10-22/h3-7,9,13,15,22H,8,10H2,1-2H3,(H,19,23)/t13-,15+/m0/s1. The highest BCUT2D eigenvalue weighted by Gasteiger charge is 2.20. The van der Waals surface area contributed by atoms with Crippen LogP contribution in [-0.4, -0.2) is 38.4 Å². The van der Waals surface area contributed by atoms with Gasteiger partial charge in [0.05, 0.1) is 11.3 Å². The van der Waals surface area contributed by atoms with Crippen LogP contribution in [0.1, 0.15) is 28.2 Å². The van der Waals surface area contributed by atoms with Crippen molar-refractivity contribution in [3.8, 4) is 5.82 Å². The third kappa shape index (κ3) is 3.32. The predicted octanol–water partition coefficient (Wildman–Crippen LogP) is 1.55. The lowest BCUT2D eigenvalue weighted by Crippen LogP contribution is -2.33. The first kappa shape index (κ1) is 15.4. The molecule has 0 fully saturated rings. The number of nitrogens with zero attached hydrogens (tertiary/aromatic N) is 3. The Balaban J connectivity index is 1.69. The van der Waals surface area contributed by atoms with Gasteiger partial charge in [-0.15, -0.1) is 0 Å². The van der Waals surface area contributed by atoms with E-state index < -0.39 is 0 Å². The molecule has 1 aliphatic rings. The fraction of sp³-hybridized carbons (Fsp3) is 0.353. The number of hydrogen-bond donors (Lipinski definition) is 2. The lowest BCUT2D eigenvalue weighted by molar-refractivity contribution is 0.0940. The fourth-order valence-corrected chi connectivity index (χ4v) is 2.78. The molecule has 3 rings (SSSR count). The van der Waals surface area contributed by atoms with Gasteiger partial charge >= 0.3 is 0 Å². The van der Waals surface area contributed by atoms with Crippen LogP contribution in [0.15, 0.2) is 36.5 Å². The molecule has 0 aromatic carbocycles. The zero-order valence-corrected chi connectivity index (χ0v) is 13.2. The van der Waals surface area contributed by atoms with E-state index in [2.05, 4.69) is 15.4 Å². The van der Waals surface area contributed by atoms with Gasteiger partial charge in [-0.1, -0.05) is 12.2 Å². The van der Waals surface area contributed by atoms with Gasteiger partial charge in [-0.05, 0) is 38.5 Å². The molecule has 2 aromatic rings. The lowest BCUT2D eigenvalue weighted by atomic mass is 10.1. The van der Waals surface area contributed by atoms with Crippen LogP contribution in [0.5, 0.6) is 0 Å². The number of rotatable bonds is 4. The van der Waals surface area contributed by atoms with Crippen molar-refractivity contribution in [1.82, 2.24) is 20.1 Å². The van der Waals surface area contributed by atoms with Crippen LogP contribution in [0.25, 0.3) is 5.82 Å². The first-order valence-corrected chi connectivity index (χ1v) is 7.66. The Kier molecular flexibility index (Phi) is 4.25. The summed E-state index contributed by atoms with van der Waals surface area (Å²) < 4.78 is 1.75. The summed E-state index contributed by atoms with van der Waals surface area (Å²) in [6.07, 6.45) is 6.16. The number of nitrogens with one attached hydrogen (secondary N) is 1. The maximum absolute atomic E-state index is 12.2. The summed E-state index contributed by atoms with van der Waals surface area (Å²) in [5.74, 6) is 0.658. The Labute approximate surface area is 134 Å². The van der Waals surface area contributed by atoms with Gasteiger partial charge in [-0.25, -0.2) is 9.67 Å². The van der Waals surface area contributed by atoms with Crippen molar-refractivity contribution < 1.29 is 9.90 Å². The normalized spacial score (nSPS) is 20.0. The zero-order chi connectivity index (χ0) is 16.4. The molecule has 1 amide bonds. The number of aromatic nitrogens is 3. The molecule has 23 heavy (non-hydrogen) atoms. The van der Waals surface area contributed by atoms with Crippen LogP contribution < -0.4 is 5.32 Å². The first-order valence-electron chi connectivity index (χ1n) is 7.66. The average molecular weight is 312 g/mol. The van der Waals surface area contributed by atoms with Crippen molar-refractivity contribution in [2.75, 3.05) is 6.61 Å². The molecule has 2 heterocycles. The number of amides is 1. The van der Waals surface area contributed by atoms with E-state index in [1.807, 2.05) is 32.1 Å². The van der Waals surface area contributed by atoms with Gasteiger partial charge in [0.25, 0.3) is 5.91 Å². The molecule has 2 aromatic heterocycles. The lowest BCUT2D eigenvalue weighted by Gasteiger charge is -2.12. The van der Waals surface area contributed by atoms with Crippen LogP contribution in [-0.2, 0) is 0 Å². The van der Waals surface area contributed by atoms with Crippen molar-refractivity contribution >= 4 is 5.91 Å². The van der Waals surface area contributed by atoms with E-state index in [4.69, 9.17) is 5.11 Å². The number of hydrogen-bond acceptors (Lipinski definition) is 4. The van der Waals surface area contributed by atoms with Crippen molar-refractivity contribution in [3.05, 3.63) is 53.5 Å². The van der Waals surface area contributed by atoms with Crippen LogP contribution in [0.3, 0.4) is 0 Å². The van der Waals surface area contributed by atoms with Gasteiger partial charge < -0.3 is 10.4 Å². The number of aryl methyl sites for hydroxylation is 2. The summed E-state index contributed by atoms with van der Waals surface area (Å²) in [5.41, 5.74) is 2.44. The topological polar surface area (TPSA) is 80.0 Å². The molecule has 1 aliphatic carbocycles. The molecule has 0 saturated heterocycles. The molecule has 0 bridgehead atoms. The SMILES string of the molecule is Cc1cc(C)n(-c2ccc(C(=O)N[C@@H]3C=C[C@H](CO)C3)cn2)n1. The van der Waals surface area contributed by atoms with E-state index in [0.29, 0.717) is 11.4 Å². The van der Waals surface area contributed by atoms with Crippen LogP contribution >= 0.6 is 0 Å². The summed E-state index contributed by atoms with van der Waals surface area (Å²) in [6, 6.07) is 5.48. The summed E-state index contributed by atoms with van der Waals surface area (Å²) >= 11 is 0. The van der Waals surface area contributed by atoms with E-state index >= 15 is 0 Å². The van der Waals surface area contributed by atoms with E-state index in [1.54, 1.807) is 23.0 Å². The van der Waals surface area contributed by atoms with Gasteiger partial charge in [-0.2, -0.15) is 5.10 Å². The first-order chi connectivity index (χ1) is 11.1.